The van der Waals surface area contributed by atoms with Crippen LogP contribution in [0.4, 0.5) is 0 Å². The van der Waals surface area contributed by atoms with Crippen molar-refractivity contribution in [3.05, 3.63) is 76.0 Å². The van der Waals surface area contributed by atoms with Crippen molar-refractivity contribution >= 4 is 29.4 Å². The summed E-state index contributed by atoms with van der Waals surface area (Å²) in [5, 5.41) is 14.7. The fourth-order valence-electron chi connectivity index (χ4n) is 2.43. The molecule has 0 bridgehead atoms. The SMILES string of the molecule is COc1cc(/C=N/NC(=O)COc2ccccc2C#N)ccc1OC(=O)c1cccs1. The summed E-state index contributed by atoms with van der Waals surface area (Å²) in [6.07, 6.45) is 1.41. The molecule has 0 saturated carbocycles. The van der Waals surface area contributed by atoms with E-state index in [1.807, 2.05) is 6.07 Å². The Morgan fingerprint density at radius 1 is 1.13 bits per heavy atom. The fraction of sp³-hybridized carbons (Fsp3) is 0.0909. The number of benzene rings is 2. The van der Waals surface area contributed by atoms with Gasteiger partial charge in [-0.05, 0) is 47.3 Å². The number of thiophene rings is 1. The van der Waals surface area contributed by atoms with Crippen molar-refractivity contribution in [1.29, 1.82) is 5.26 Å². The van der Waals surface area contributed by atoms with Crippen molar-refractivity contribution in [2.75, 3.05) is 13.7 Å². The molecule has 2 aromatic carbocycles. The highest BCUT2D eigenvalue weighted by atomic mass is 32.1. The van der Waals surface area contributed by atoms with Crippen molar-refractivity contribution in [1.82, 2.24) is 5.43 Å². The predicted molar refractivity (Wildman–Crippen MR) is 115 cm³/mol. The molecular weight excluding hydrogens is 418 g/mol. The Bertz CT molecular complexity index is 1140. The lowest BCUT2D eigenvalue weighted by molar-refractivity contribution is -0.123. The average Bonchev–Trinajstić information content (AvgIpc) is 3.34. The third-order valence-corrected chi connectivity index (χ3v) is 4.73. The molecule has 0 aliphatic carbocycles. The molecule has 1 amide bonds. The van der Waals surface area contributed by atoms with Gasteiger partial charge in [0.15, 0.2) is 18.1 Å². The minimum Gasteiger partial charge on any atom is -0.493 e. The van der Waals surface area contributed by atoms with Crippen LogP contribution >= 0.6 is 11.3 Å². The largest absolute Gasteiger partial charge is 0.493 e. The highest BCUT2D eigenvalue weighted by Gasteiger charge is 2.13. The molecule has 1 heterocycles. The van der Waals surface area contributed by atoms with Crippen LogP contribution in [0.1, 0.15) is 20.8 Å². The molecule has 8 nitrogen and oxygen atoms in total. The normalized spacial score (nSPS) is 10.3. The second-order valence-corrected chi connectivity index (χ2v) is 6.91. The topological polar surface area (TPSA) is 110 Å². The fourth-order valence-corrected chi connectivity index (χ4v) is 3.03. The summed E-state index contributed by atoms with van der Waals surface area (Å²) in [6.45, 7) is -0.295. The van der Waals surface area contributed by atoms with Crippen LogP contribution < -0.4 is 19.6 Å². The summed E-state index contributed by atoms with van der Waals surface area (Å²) in [5.41, 5.74) is 3.29. The third kappa shape index (κ3) is 5.91. The molecular formula is C22H17N3O5S. The van der Waals surface area contributed by atoms with Gasteiger partial charge in [-0.25, -0.2) is 10.2 Å². The van der Waals surface area contributed by atoms with Gasteiger partial charge in [0.05, 0.1) is 18.9 Å². The molecule has 0 fully saturated rings. The smallest absolute Gasteiger partial charge is 0.353 e. The van der Waals surface area contributed by atoms with E-state index < -0.39 is 11.9 Å². The van der Waals surface area contributed by atoms with Crippen LogP contribution in [0.3, 0.4) is 0 Å². The lowest BCUT2D eigenvalue weighted by atomic mass is 10.2. The van der Waals surface area contributed by atoms with Gasteiger partial charge in [-0.1, -0.05) is 18.2 Å². The Labute approximate surface area is 182 Å². The standard InChI is InChI=1S/C22H17N3O5S/c1-28-19-11-15(8-9-18(19)30-22(27)20-7-4-10-31-20)13-24-25-21(26)14-29-17-6-3-2-5-16(17)12-23/h2-11,13H,14H2,1H3,(H,25,26)/b24-13+. The number of para-hydroxylation sites is 1. The second-order valence-electron chi connectivity index (χ2n) is 5.97. The summed E-state index contributed by atoms with van der Waals surface area (Å²) in [7, 11) is 1.46. The van der Waals surface area contributed by atoms with Gasteiger partial charge in [-0.2, -0.15) is 10.4 Å². The highest BCUT2D eigenvalue weighted by molar-refractivity contribution is 7.12. The number of hydrogen-bond donors (Lipinski definition) is 1. The van der Waals surface area contributed by atoms with Crippen molar-refractivity contribution in [2.24, 2.45) is 5.10 Å². The molecule has 3 rings (SSSR count). The molecule has 0 aliphatic rings. The van der Waals surface area contributed by atoms with Crippen molar-refractivity contribution < 1.29 is 23.8 Å². The maximum absolute atomic E-state index is 12.1. The Hall–Kier alpha value is -4.16. The van der Waals surface area contributed by atoms with Crippen molar-refractivity contribution in [3.63, 3.8) is 0 Å². The zero-order valence-electron chi connectivity index (χ0n) is 16.4. The van der Waals surface area contributed by atoms with Gasteiger partial charge in [-0.3, -0.25) is 4.79 Å². The van der Waals surface area contributed by atoms with Gasteiger partial charge in [0.25, 0.3) is 5.91 Å². The quantitative estimate of drug-likeness (QED) is 0.251. The molecule has 0 saturated heterocycles. The number of ether oxygens (including phenoxy) is 3. The van der Waals surface area contributed by atoms with Crippen LogP contribution in [0.25, 0.3) is 0 Å². The Morgan fingerprint density at radius 2 is 1.97 bits per heavy atom. The van der Waals surface area contributed by atoms with Gasteiger partial charge >= 0.3 is 5.97 Å². The van der Waals surface area contributed by atoms with E-state index in [1.165, 1.54) is 24.7 Å². The maximum atomic E-state index is 12.1. The van der Waals surface area contributed by atoms with E-state index in [-0.39, 0.29) is 12.4 Å². The monoisotopic (exact) mass is 435 g/mol. The number of nitrogens with zero attached hydrogens (tertiary/aromatic N) is 2. The van der Waals surface area contributed by atoms with E-state index in [0.29, 0.717) is 27.5 Å². The van der Waals surface area contributed by atoms with Crippen LogP contribution in [-0.2, 0) is 4.79 Å². The summed E-state index contributed by atoms with van der Waals surface area (Å²) < 4.78 is 16.0. The van der Waals surface area contributed by atoms with Crippen molar-refractivity contribution in [2.45, 2.75) is 0 Å². The number of amides is 1. The van der Waals surface area contributed by atoms with Gasteiger partial charge in [0.1, 0.15) is 16.7 Å². The molecule has 0 radical (unpaired) electrons. The second kappa shape index (κ2) is 10.6. The van der Waals surface area contributed by atoms with Crippen LogP contribution in [0.15, 0.2) is 65.1 Å². The molecule has 156 valence electrons. The van der Waals surface area contributed by atoms with Crippen LogP contribution in [0.5, 0.6) is 17.2 Å². The molecule has 3 aromatic rings. The van der Waals surface area contributed by atoms with Gasteiger partial charge in [-0.15, -0.1) is 11.3 Å². The molecule has 0 spiro atoms. The number of nitrogens with one attached hydrogen (secondary N) is 1. The summed E-state index contributed by atoms with van der Waals surface area (Å²) >= 11 is 1.28. The van der Waals surface area contributed by atoms with E-state index in [0.717, 1.165) is 0 Å². The first-order valence-corrected chi connectivity index (χ1v) is 9.86. The summed E-state index contributed by atoms with van der Waals surface area (Å²) in [6, 6.07) is 16.9. The van der Waals surface area contributed by atoms with Crippen LogP contribution in [0, 0.1) is 11.3 Å². The number of esters is 1. The van der Waals surface area contributed by atoms with Gasteiger partial charge < -0.3 is 14.2 Å². The number of carbonyl (C=O) groups is 2. The molecule has 0 aliphatic heterocycles. The molecule has 9 heteroatoms. The molecule has 1 aromatic heterocycles. The highest BCUT2D eigenvalue weighted by Crippen LogP contribution is 2.28. The third-order valence-electron chi connectivity index (χ3n) is 3.88. The number of nitriles is 1. The zero-order valence-corrected chi connectivity index (χ0v) is 17.2. The van der Waals surface area contributed by atoms with Crippen LogP contribution in [-0.4, -0.2) is 31.8 Å². The van der Waals surface area contributed by atoms with Gasteiger partial charge in [0, 0.05) is 0 Å². The van der Waals surface area contributed by atoms with E-state index in [4.69, 9.17) is 19.5 Å². The average molecular weight is 435 g/mol. The van der Waals surface area contributed by atoms with Crippen molar-refractivity contribution in [3.8, 4) is 23.3 Å². The number of carbonyl (C=O) groups excluding carboxylic acids is 2. The van der Waals surface area contributed by atoms with E-state index in [2.05, 4.69) is 10.5 Å². The molecule has 1 N–H and O–H groups in total. The molecule has 0 unspecified atom stereocenters. The Kier molecular flexibility index (Phi) is 7.35. The lowest BCUT2D eigenvalue weighted by Gasteiger charge is -2.09. The van der Waals surface area contributed by atoms with E-state index in [9.17, 15) is 9.59 Å². The predicted octanol–water partition coefficient (Wildman–Crippen LogP) is 3.38. The van der Waals surface area contributed by atoms with Crippen LogP contribution in [0.2, 0.25) is 0 Å². The minimum absolute atomic E-state index is 0.270. The van der Waals surface area contributed by atoms with Gasteiger partial charge in [0.2, 0.25) is 0 Å². The summed E-state index contributed by atoms with van der Waals surface area (Å²) in [5.74, 6) is -0.0257. The first-order chi connectivity index (χ1) is 15.1. The summed E-state index contributed by atoms with van der Waals surface area (Å²) in [4.78, 5) is 24.5. The number of rotatable bonds is 8. The Balaban J connectivity index is 1.56. The first kappa shape index (κ1) is 21.5. The minimum atomic E-state index is -0.488. The van der Waals surface area contributed by atoms with E-state index >= 15 is 0 Å². The Morgan fingerprint density at radius 3 is 2.71 bits per heavy atom. The molecule has 0 atom stereocenters. The zero-order chi connectivity index (χ0) is 22.1. The first-order valence-electron chi connectivity index (χ1n) is 8.98. The number of hydrazone groups is 1. The van der Waals surface area contributed by atoms with E-state index in [1.54, 1.807) is 60.0 Å². The number of methoxy groups -OCH3 is 1. The molecule has 31 heavy (non-hydrogen) atoms. The lowest BCUT2D eigenvalue weighted by Crippen LogP contribution is -2.24. The maximum Gasteiger partial charge on any atom is 0.353 e. The number of hydrogen-bond acceptors (Lipinski definition) is 8.